The van der Waals surface area contributed by atoms with Crippen molar-refractivity contribution in [2.24, 2.45) is 0 Å². The molecule has 1 aliphatic heterocycles. The maximum absolute atomic E-state index is 13.6. The number of carbonyl (C=O) groups is 3. The first kappa shape index (κ1) is 32.4. The highest BCUT2D eigenvalue weighted by Gasteiger charge is 2.26. The van der Waals surface area contributed by atoms with Gasteiger partial charge in [0.05, 0.1) is 5.52 Å². The van der Waals surface area contributed by atoms with Crippen LogP contribution < -0.4 is 10.2 Å². The molecule has 0 saturated carbocycles. The first-order chi connectivity index (χ1) is 21.7. The number of pyridine rings is 2. The van der Waals surface area contributed by atoms with Gasteiger partial charge in [-0.1, -0.05) is 6.07 Å². The molecule has 10 nitrogen and oxygen atoms in total. The van der Waals surface area contributed by atoms with Crippen LogP contribution in [0.2, 0.25) is 0 Å². The zero-order valence-corrected chi connectivity index (χ0v) is 27.3. The summed E-state index contributed by atoms with van der Waals surface area (Å²) in [6, 6.07) is 18.8. The normalized spacial score (nSPS) is 13.8. The summed E-state index contributed by atoms with van der Waals surface area (Å²) in [5, 5.41) is 3.67. The van der Waals surface area contributed by atoms with E-state index in [0.717, 1.165) is 27.8 Å². The number of amides is 2. The highest BCUT2D eigenvalue weighted by atomic mass is 16.6. The van der Waals surface area contributed by atoms with Gasteiger partial charge < -0.3 is 19.3 Å². The highest BCUT2D eigenvalue weighted by Crippen LogP contribution is 2.28. The van der Waals surface area contributed by atoms with Gasteiger partial charge >= 0.3 is 12.2 Å². The molecule has 5 rings (SSSR count). The Kier molecular flexibility index (Phi) is 9.27. The number of rotatable bonds is 6. The molecule has 0 unspecified atom stereocenters. The molecule has 10 heteroatoms. The van der Waals surface area contributed by atoms with Crippen molar-refractivity contribution in [3.05, 3.63) is 84.2 Å². The van der Waals surface area contributed by atoms with Crippen molar-refractivity contribution in [1.29, 1.82) is 0 Å². The van der Waals surface area contributed by atoms with Crippen LogP contribution in [0.25, 0.3) is 22.0 Å². The van der Waals surface area contributed by atoms with Crippen molar-refractivity contribution in [3.63, 3.8) is 0 Å². The van der Waals surface area contributed by atoms with Crippen LogP contribution in [-0.4, -0.2) is 70.2 Å². The number of carbonyl (C=O) groups excluding carboxylic acids is 3. The summed E-state index contributed by atoms with van der Waals surface area (Å²) >= 11 is 0. The van der Waals surface area contributed by atoms with E-state index >= 15 is 0 Å². The third kappa shape index (κ3) is 8.38. The van der Waals surface area contributed by atoms with Crippen LogP contribution in [0.3, 0.4) is 0 Å². The van der Waals surface area contributed by atoms with E-state index in [4.69, 9.17) is 14.5 Å². The lowest BCUT2D eigenvalue weighted by Crippen LogP contribution is -2.50. The minimum Gasteiger partial charge on any atom is -0.444 e. The van der Waals surface area contributed by atoms with E-state index in [1.807, 2.05) is 69.3 Å². The smallest absolute Gasteiger partial charge is 0.412 e. The van der Waals surface area contributed by atoms with Gasteiger partial charge in [0, 0.05) is 61.6 Å². The van der Waals surface area contributed by atoms with Gasteiger partial charge in [-0.15, -0.1) is 0 Å². The van der Waals surface area contributed by atoms with E-state index in [0.29, 0.717) is 43.0 Å². The first-order valence-electron chi connectivity index (χ1n) is 15.4. The zero-order valence-electron chi connectivity index (χ0n) is 27.3. The fourth-order valence-corrected chi connectivity index (χ4v) is 5.18. The SMILES string of the molecule is CC(C)(C)OC(=O)Nc1ccc(-c2ccncc2)cc1CC(=O)c1ccc2nc(N3CCN(C(=O)OC(C)(C)C)CC3)ccc2c1. The Hall–Kier alpha value is -4.99. The number of piperazine rings is 1. The van der Waals surface area contributed by atoms with E-state index in [-0.39, 0.29) is 18.3 Å². The molecule has 0 radical (unpaired) electrons. The second kappa shape index (κ2) is 13.2. The molecule has 2 aromatic carbocycles. The van der Waals surface area contributed by atoms with Gasteiger partial charge in [0.2, 0.25) is 0 Å². The summed E-state index contributed by atoms with van der Waals surface area (Å²) in [6.45, 7) is 13.4. The van der Waals surface area contributed by atoms with Gasteiger partial charge in [-0.25, -0.2) is 14.6 Å². The van der Waals surface area contributed by atoms with Crippen LogP contribution in [-0.2, 0) is 15.9 Å². The number of ether oxygens (including phenoxy) is 2. The molecule has 4 aromatic rings. The second-order valence-corrected chi connectivity index (χ2v) is 13.4. The van der Waals surface area contributed by atoms with E-state index in [9.17, 15) is 14.4 Å². The number of nitrogens with zero attached hydrogens (tertiary/aromatic N) is 4. The molecule has 2 amide bonds. The molecule has 0 spiro atoms. The van der Waals surface area contributed by atoms with Gasteiger partial charge in [-0.05, 0) is 113 Å². The van der Waals surface area contributed by atoms with Crippen LogP contribution in [0.1, 0.15) is 57.5 Å². The van der Waals surface area contributed by atoms with Crippen molar-refractivity contribution in [2.75, 3.05) is 36.4 Å². The largest absolute Gasteiger partial charge is 0.444 e. The lowest BCUT2D eigenvalue weighted by molar-refractivity contribution is 0.0240. The number of ketones is 1. The van der Waals surface area contributed by atoms with E-state index in [2.05, 4.69) is 15.2 Å². The highest BCUT2D eigenvalue weighted by molar-refractivity contribution is 6.02. The number of nitrogens with one attached hydrogen (secondary N) is 1. The Morgan fingerprint density at radius 1 is 0.783 bits per heavy atom. The van der Waals surface area contributed by atoms with Gasteiger partial charge in [0.1, 0.15) is 17.0 Å². The monoisotopic (exact) mass is 623 g/mol. The predicted molar refractivity (Wildman–Crippen MR) is 179 cm³/mol. The van der Waals surface area contributed by atoms with Crippen LogP contribution in [0.15, 0.2) is 73.1 Å². The van der Waals surface area contributed by atoms with Gasteiger partial charge in [-0.3, -0.25) is 15.1 Å². The zero-order chi connectivity index (χ0) is 33.1. The average Bonchev–Trinajstić information content (AvgIpc) is 3.00. The summed E-state index contributed by atoms with van der Waals surface area (Å²) < 4.78 is 11.0. The molecule has 1 saturated heterocycles. The fraction of sp³-hybridized carbons (Fsp3) is 0.361. The molecule has 1 aliphatic rings. The molecule has 46 heavy (non-hydrogen) atoms. The lowest BCUT2D eigenvalue weighted by atomic mass is 9.96. The van der Waals surface area contributed by atoms with Crippen LogP contribution >= 0.6 is 0 Å². The molecule has 1 fully saturated rings. The molecule has 2 aromatic heterocycles. The average molecular weight is 624 g/mol. The van der Waals surface area contributed by atoms with Crippen molar-refractivity contribution in [2.45, 2.75) is 59.2 Å². The quantitative estimate of drug-likeness (QED) is 0.226. The third-order valence-electron chi connectivity index (χ3n) is 7.36. The lowest BCUT2D eigenvalue weighted by Gasteiger charge is -2.36. The Morgan fingerprint density at radius 3 is 2.15 bits per heavy atom. The third-order valence-corrected chi connectivity index (χ3v) is 7.36. The molecular formula is C36H41N5O5. The Labute approximate surface area is 269 Å². The molecule has 240 valence electrons. The number of aromatic nitrogens is 2. The summed E-state index contributed by atoms with van der Waals surface area (Å²) in [4.78, 5) is 51.5. The number of Topliss-reactive ketones (excluding diaryl/α,β-unsaturated/α-hetero) is 1. The standard InChI is InChI=1S/C36H41N5O5/c1-35(2,3)45-33(43)39-30-10-7-25(24-13-15-37-16-14-24)21-28(30)23-31(42)27-8-11-29-26(22-27)9-12-32(38-29)40-17-19-41(20-18-40)34(44)46-36(4,5)6/h7-16,21-22H,17-20,23H2,1-6H3,(H,39,43). The molecule has 3 heterocycles. The summed E-state index contributed by atoms with van der Waals surface area (Å²) in [5.74, 6) is 0.726. The van der Waals surface area contributed by atoms with Crippen LogP contribution in [0.5, 0.6) is 0 Å². The summed E-state index contributed by atoms with van der Waals surface area (Å²) in [6.07, 6.45) is 2.62. The second-order valence-electron chi connectivity index (χ2n) is 13.4. The number of anilines is 2. The van der Waals surface area contributed by atoms with E-state index < -0.39 is 17.3 Å². The van der Waals surface area contributed by atoms with Crippen LogP contribution in [0.4, 0.5) is 21.1 Å². The van der Waals surface area contributed by atoms with Gasteiger partial charge in [0.15, 0.2) is 5.78 Å². The summed E-state index contributed by atoms with van der Waals surface area (Å²) in [7, 11) is 0. The molecular weight excluding hydrogens is 582 g/mol. The van der Waals surface area contributed by atoms with E-state index in [1.165, 1.54) is 0 Å². The Bertz CT molecular complexity index is 1740. The van der Waals surface area contributed by atoms with Crippen molar-refractivity contribution in [3.8, 4) is 11.1 Å². The molecule has 0 bridgehead atoms. The van der Waals surface area contributed by atoms with E-state index in [1.54, 1.807) is 50.2 Å². The topological polar surface area (TPSA) is 114 Å². The Morgan fingerprint density at radius 2 is 1.48 bits per heavy atom. The van der Waals surface area contributed by atoms with Crippen molar-refractivity contribution < 1.29 is 23.9 Å². The minimum atomic E-state index is -0.662. The van der Waals surface area contributed by atoms with Gasteiger partial charge in [0.25, 0.3) is 0 Å². The number of fused-ring (bicyclic) bond motifs is 1. The minimum absolute atomic E-state index is 0.0724. The predicted octanol–water partition coefficient (Wildman–Crippen LogP) is 7.13. The fourth-order valence-electron chi connectivity index (χ4n) is 5.18. The maximum atomic E-state index is 13.6. The van der Waals surface area contributed by atoms with Crippen molar-refractivity contribution >= 4 is 40.4 Å². The number of hydrogen-bond acceptors (Lipinski definition) is 8. The number of benzene rings is 2. The maximum Gasteiger partial charge on any atom is 0.412 e. The molecule has 0 atom stereocenters. The molecule has 0 aliphatic carbocycles. The first-order valence-corrected chi connectivity index (χ1v) is 15.4. The molecule has 1 N–H and O–H groups in total. The number of hydrogen-bond donors (Lipinski definition) is 1. The van der Waals surface area contributed by atoms with Gasteiger partial charge in [-0.2, -0.15) is 0 Å². The Balaban J connectivity index is 1.32. The van der Waals surface area contributed by atoms with Crippen LogP contribution in [0, 0.1) is 0 Å². The van der Waals surface area contributed by atoms with Crippen molar-refractivity contribution in [1.82, 2.24) is 14.9 Å². The summed E-state index contributed by atoms with van der Waals surface area (Å²) in [5.41, 5.74) is 3.17.